The molecule has 0 aliphatic carbocycles. The minimum Gasteiger partial charge on any atom is -0.494 e. The molecule has 1 heterocycles. The maximum absolute atomic E-state index is 12.1. The fourth-order valence-electron chi connectivity index (χ4n) is 2.48. The molecule has 2 aromatic carbocycles. The summed E-state index contributed by atoms with van der Waals surface area (Å²) in [7, 11) is 0. The molecule has 0 saturated carbocycles. The van der Waals surface area contributed by atoms with Gasteiger partial charge in [-0.3, -0.25) is 4.79 Å². The molecule has 3 aromatic rings. The molecule has 0 bridgehead atoms. The van der Waals surface area contributed by atoms with E-state index in [1.807, 2.05) is 49.4 Å². The number of halogens is 1. The van der Waals surface area contributed by atoms with Crippen molar-refractivity contribution in [2.45, 2.75) is 13.3 Å². The van der Waals surface area contributed by atoms with E-state index in [1.165, 1.54) is 0 Å². The highest BCUT2D eigenvalue weighted by molar-refractivity contribution is 6.30. The van der Waals surface area contributed by atoms with E-state index >= 15 is 0 Å². The number of benzene rings is 2. The van der Waals surface area contributed by atoms with Gasteiger partial charge >= 0.3 is 0 Å². The highest BCUT2D eigenvalue weighted by Gasteiger charge is 2.05. The van der Waals surface area contributed by atoms with E-state index in [0.717, 1.165) is 22.7 Å². The van der Waals surface area contributed by atoms with Gasteiger partial charge in [0.25, 0.3) is 0 Å². The molecule has 0 aliphatic rings. The number of amides is 1. The third-order valence-electron chi connectivity index (χ3n) is 3.76. The molecule has 5 nitrogen and oxygen atoms in total. The zero-order valence-electron chi connectivity index (χ0n) is 14.9. The van der Waals surface area contributed by atoms with Crippen molar-refractivity contribution in [3.63, 3.8) is 0 Å². The van der Waals surface area contributed by atoms with Crippen LogP contribution in [-0.4, -0.2) is 17.5 Å². The van der Waals surface area contributed by atoms with Crippen LogP contribution < -0.4 is 15.4 Å². The molecule has 1 aromatic heterocycles. The maximum atomic E-state index is 12.1. The van der Waals surface area contributed by atoms with E-state index in [2.05, 4.69) is 15.6 Å². The number of anilines is 3. The zero-order chi connectivity index (χ0) is 19.1. The first-order valence-electron chi connectivity index (χ1n) is 8.62. The molecule has 0 atom stereocenters. The van der Waals surface area contributed by atoms with E-state index in [0.29, 0.717) is 17.4 Å². The first-order valence-corrected chi connectivity index (χ1v) is 9.00. The van der Waals surface area contributed by atoms with Gasteiger partial charge in [-0.15, -0.1) is 0 Å². The van der Waals surface area contributed by atoms with Gasteiger partial charge in [-0.1, -0.05) is 23.7 Å². The lowest BCUT2D eigenvalue weighted by atomic mass is 10.1. The summed E-state index contributed by atoms with van der Waals surface area (Å²) in [6.45, 7) is 2.59. The first-order chi connectivity index (χ1) is 13.1. The number of nitrogens with zero attached hydrogens (tertiary/aromatic N) is 1. The first kappa shape index (κ1) is 18.7. The molecule has 3 rings (SSSR count). The quantitative estimate of drug-likeness (QED) is 0.600. The number of hydrogen-bond donors (Lipinski definition) is 2. The van der Waals surface area contributed by atoms with Gasteiger partial charge in [0.05, 0.1) is 24.9 Å². The lowest BCUT2D eigenvalue weighted by Crippen LogP contribution is -2.15. The summed E-state index contributed by atoms with van der Waals surface area (Å²) in [6, 6.07) is 18.5. The predicted octanol–water partition coefficient (Wildman–Crippen LogP) is 5.06. The summed E-state index contributed by atoms with van der Waals surface area (Å²) in [5.74, 6) is 1.21. The van der Waals surface area contributed by atoms with Gasteiger partial charge in [0.1, 0.15) is 11.6 Å². The highest BCUT2D eigenvalue weighted by Crippen LogP contribution is 2.20. The van der Waals surface area contributed by atoms with Gasteiger partial charge < -0.3 is 15.4 Å². The zero-order valence-corrected chi connectivity index (χ0v) is 15.7. The van der Waals surface area contributed by atoms with Crippen LogP contribution in [-0.2, 0) is 11.2 Å². The molecule has 27 heavy (non-hydrogen) atoms. The van der Waals surface area contributed by atoms with E-state index in [-0.39, 0.29) is 12.3 Å². The van der Waals surface area contributed by atoms with Crippen molar-refractivity contribution >= 4 is 34.7 Å². The molecule has 0 spiro atoms. The van der Waals surface area contributed by atoms with Crippen molar-refractivity contribution in [2.75, 3.05) is 17.2 Å². The van der Waals surface area contributed by atoms with Crippen LogP contribution >= 0.6 is 11.6 Å². The van der Waals surface area contributed by atoms with E-state index in [4.69, 9.17) is 16.3 Å². The van der Waals surface area contributed by atoms with Crippen molar-refractivity contribution in [1.29, 1.82) is 0 Å². The van der Waals surface area contributed by atoms with Crippen molar-refractivity contribution in [2.24, 2.45) is 0 Å². The summed E-state index contributed by atoms with van der Waals surface area (Å²) in [5, 5.41) is 6.70. The van der Waals surface area contributed by atoms with Crippen LogP contribution in [0, 0.1) is 0 Å². The summed E-state index contributed by atoms with van der Waals surface area (Å²) in [5.41, 5.74) is 2.65. The average Bonchev–Trinajstić information content (AvgIpc) is 2.67. The van der Waals surface area contributed by atoms with Crippen molar-refractivity contribution in [3.8, 4) is 5.75 Å². The van der Waals surface area contributed by atoms with Gasteiger partial charge in [-0.25, -0.2) is 4.98 Å². The Morgan fingerprint density at radius 3 is 2.33 bits per heavy atom. The Balaban J connectivity index is 1.54. The summed E-state index contributed by atoms with van der Waals surface area (Å²) in [6.07, 6.45) is 1.94. The molecule has 0 aliphatic heterocycles. The number of carbonyl (C=O) groups is 1. The molecule has 6 heteroatoms. The highest BCUT2D eigenvalue weighted by atomic mass is 35.5. The average molecular weight is 382 g/mol. The van der Waals surface area contributed by atoms with E-state index < -0.39 is 0 Å². The van der Waals surface area contributed by atoms with Crippen LogP contribution in [0.2, 0.25) is 5.02 Å². The molecule has 0 fully saturated rings. The van der Waals surface area contributed by atoms with Crippen LogP contribution in [0.15, 0.2) is 66.9 Å². The number of hydrogen-bond acceptors (Lipinski definition) is 4. The normalized spacial score (nSPS) is 10.3. The summed E-state index contributed by atoms with van der Waals surface area (Å²) < 4.78 is 5.43. The lowest BCUT2D eigenvalue weighted by molar-refractivity contribution is -0.115. The second-order valence-electron chi connectivity index (χ2n) is 5.87. The maximum Gasteiger partial charge on any atom is 0.229 e. The Labute approximate surface area is 163 Å². The van der Waals surface area contributed by atoms with Crippen molar-refractivity contribution < 1.29 is 9.53 Å². The van der Waals surface area contributed by atoms with Gasteiger partial charge in [0.15, 0.2) is 0 Å². The van der Waals surface area contributed by atoms with Crippen LogP contribution in [0.25, 0.3) is 0 Å². The third-order valence-corrected chi connectivity index (χ3v) is 4.01. The fraction of sp³-hybridized carbons (Fsp3) is 0.143. The van der Waals surface area contributed by atoms with E-state index in [9.17, 15) is 4.79 Å². The number of aromatic nitrogens is 1. The number of ether oxygens (including phenoxy) is 1. The number of carbonyl (C=O) groups excluding carboxylic acids is 1. The Morgan fingerprint density at radius 2 is 1.70 bits per heavy atom. The monoisotopic (exact) mass is 381 g/mol. The minimum absolute atomic E-state index is 0.128. The molecule has 0 radical (unpaired) electrons. The van der Waals surface area contributed by atoms with Crippen LogP contribution in [0.4, 0.5) is 17.2 Å². The van der Waals surface area contributed by atoms with Crippen LogP contribution in [0.3, 0.4) is 0 Å². The molecule has 1 amide bonds. The lowest BCUT2D eigenvalue weighted by Gasteiger charge is -2.09. The molecular formula is C21H20ClN3O2. The number of pyridine rings is 1. The second-order valence-corrected chi connectivity index (χ2v) is 6.30. The SMILES string of the molecule is CCOc1ccc(Nc2ccc(NC(=O)Cc3ccc(Cl)cc3)nc2)cc1. The van der Waals surface area contributed by atoms with Crippen LogP contribution in [0.5, 0.6) is 5.75 Å². The van der Waals surface area contributed by atoms with Gasteiger partial charge in [-0.05, 0) is 61.0 Å². The topological polar surface area (TPSA) is 63.2 Å². The molecule has 2 N–H and O–H groups in total. The predicted molar refractivity (Wildman–Crippen MR) is 109 cm³/mol. The fourth-order valence-corrected chi connectivity index (χ4v) is 2.61. The molecule has 0 saturated heterocycles. The van der Waals surface area contributed by atoms with Crippen molar-refractivity contribution in [1.82, 2.24) is 4.98 Å². The Kier molecular flexibility index (Phi) is 6.28. The second kappa shape index (κ2) is 9.05. The largest absolute Gasteiger partial charge is 0.494 e. The smallest absolute Gasteiger partial charge is 0.229 e. The van der Waals surface area contributed by atoms with Gasteiger partial charge in [0.2, 0.25) is 5.91 Å². The van der Waals surface area contributed by atoms with Gasteiger partial charge in [-0.2, -0.15) is 0 Å². The molecule has 0 unspecified atom stereocenters. The third kappa shape index (κ3) is 5.72. The summed E-state index contributed by atoms with van der Waals surface area (Å²) >= 11 is 5.85. The standard InChI is InChI=1S/C21H20ClN3O2/c1-2-27-19-10-7-17(8-11-19)24-18-9-12-20(23-14-18)25-21(26)13-15-3-5-16(22)6-4-15/h3-12,14,24H,2,13H2,1H3,(H,23,25,26). The Morgan fingerprint density at radius 1 is 1.00 bits per heavy atom. The minimum atomic E-state index is -0.128. The van der Waals surface area contributed by atoms with Crippen LogP contribution in [0.1, 0.15) is 12.5 Å². The molecule has 138 valence electrons. The Bertz CT molecular complexity index is 879. The van der Waals surface area contributed by atoms with Gasteiger partial charge in [0, 0.05) is 10.7 Å². The van der Waals surface area contributed by atoms with E-state index in [1.54, 1.807) is 24.4 Å². The summed E-state index contributed by atoms with van der Waals surface area (Å²) in [4.78, 5) is 16.4. The number of rotatable bonds is 7. The Hall–Kier alpha value is -3.05. The molecular weight excluding hydrogens is 362 g/mol. The number of nitrogens with one attached hydrogen (secondary N) is 2. The van der Waals surface area contributed by atoms with Crippen molar-refractivity contribution in [3.05, 3.63) is 77.4 Å².